The number of benzene rings is 1. The first-order valence-corrected chi connectivity index (χ1v) is 9.66. The van der Waals surface area contributed by atoms with Crippen molar-refractivity contribution < 1.29 is 14.6 Å². The lowest BCUT2D eigenvalue weighted by Gasteiger charge is -2.41. The van der Waals surface area contributed by atoms with E-state index in [1.807, 2.05) is 18.2 Å². The number of thiazole rings is 1. The third kappa shape index (κ3) is 2.61. The highest BCUT2D eigenvalue weighted by atomic mass is 32.1. The average Bonchev–Trinajstić information content (AvgIpc) is 3.38. The lowest BCUT2D eigenvalue weighted by atomic mass is 9.97. The summed E-state index contributed by atoms with van der Waals surface area (Å²) < 4.78 is 13.2. The van der Waals surface area contributed by atoms with Gasteiger partial charge in [0.2, 0.25) is 10.8 Å². The molecule has 7 nitrogen and oxygen atoms in total. The first-order chi connectivity index (χ1) is 12.8. The van der Waals surface area contributed by atoms with Crippen LogP contribution in [0.3, 0.4) is 0 Å². The normalized spacial score (nSPS) is 21.5. The Morgan fingerprint density at radius 1 is 1.12 bits per heavy atom. The van der Waals surface area contributed by atoms with Gasteiger partial charge in [-0.2, -0.15) is 9.61 Å². The van der Waals surface area contributed by atoms with Crippen molar-refractivity contribution in [1.29, 1.82) is 0 Å². The maximum atomic E-state index is 10.7. The summed E-state index contributed by atoms with van der Waals surface area (Å²) in [5, 5.41) is 14.9. The minimum atomic E-state index is -0.411. The quantitative estimate of drug-likeness (QED) is 0.761. The topological polar surface area (TPSA) is 72.1 Å². The highest BCUT2D eigenvalue weighted by Crippen LogP contribution is 2.42. The first kappa shape index (κ1) is 16.2. The summed E-state index contributed by atoms with van der Waals surface area (Å²) in [5.41, 5.74) is 1.15. The van der Waals surface area contributed by atoms with Crippen LogP contribution in [0.4, 0.5) is 0 Å². The summed E-state index contributed by atoms with van der Waals surface area (Å²) in [4.78, 5) is 8.19. The van der Waals surface area contributed by atoms with Crippen molar-refractivity contribution in [3.63, 3.8) is 0 Å². The molecule has 2 aliphatic heterocycles. The molecule has 4 heterocycles. The number of ether oxygens (including phenoxy) is 2. The fourth-order valence-corrected chi connectivity index (χ4v) is 5.04. The number of piperidine rings is 1. The Kier molecular flexibility index (Phi) is 3.93. The lowest BCUT2D eigenvalue weighted by molar-refractivity contribution is -0.187. The van der Waals surface area contributed by atoms with Crippen LogP contribution in [0, 0.1) is 0 Å². The second kappa shape index (κ2) is 6.31. The van der Waals surface area contributed by atoms with Crippen molar-refractivity contribution in [1.82, 2.24) is 19.5 Å². The van der Waals surface area contributed by atoms with Crippen molar-refractivity contribution in [3.8, 4) is 5.88 Å². The molecule has 136 valence electrons. The lowest BCUT2D eigenvalue weighted by Crippen LogP contribution is -2.46. The van der Waals surface area contributed by atoms with Crippen LogP contribution in [-0.4, -0.2) is 56.7 Å². The van der Waals surface area contributed by atoms with Gasteiger partial charge in [-0.1, -0.05) is 41.7 Å². The Hall–Kier alpha value is -2.00. The molecule has 0 amide bonds. The highest BCUT2D eigenvalue weighted by Gasteiger charge is 2.42. The number of rotatable bonds is 3. The van der Waals surface area contributed by atoms with Gasteiger partial charge in [0.15, 0.2) is 5.79 Å². The predicted octanol–water partition coefficient (Wildman–Crippen LogP) is 2.42. The molecule has 0 unspecified atom stereocenters. The molecule has 1 N–H and O–H groups in total. The first-order valence-electron chi connectivity index (χ1n) is 8.84. The van der Waals surface area contributed by atoms with Crippen LogP contribution in [-0.2, 0) is 9.47 Å². The monoisotopic (exact) mass is 372 g/mol. The minimum absolute atomic E-state index is 0.0385. The van der Waals surface area contributed by atoms with Gasteiger partial charge in [0, 0.05) is 25.9 Å². The number of hydrogen-bond acceptors (Lipinski definition) is 7. The molecule has 26 heavy (non-hydrogen) atoms. The van der Waals surface area contributed by atoms with Gasteiger partial charge in [0.25, 0.3) is 0 Å². The summed E-state index contributed by atoms with van der Waals surface area (Å²) >= 11 is 1.49. The molecule has 2 fully saturated rings. The standard InChI is InChI=1S/C18H20N4O3S/c23-16-15(26-17-19-12-20-22(16)17)14(13-4-2-1-3-5-13)21-8-6-18(7-9-21)24-10-11-25-18/h1-5,12,14,23H,6-11H2/t14-/m1/s1. The molecule has 5 rings (SSSR count). The number of aromatic nitrogens is 3. The molecule has 0 aliphatic carbocycles. The predicted molar refractivity (Wildman–Crippen MR) is 96.3 cm³/mol. The molecular formula is C18H20N4O3S. The van der Waals surface area contributed by atoms with Gasteiger partial charge in [-0.3, -0.25) is 4.90 Å². The van der Waals surface area contributed by atoms with E-state index in [1.54, 1.807) is 0 Å². The Balaban J connectivity index is 1.51. The molecular weight excluding hydrogens is 352 g/mol. The minimum Gasteiger partial charge on any atom is -0.492 e. The van der Waals surface area contributed by atoms with Crippen LogP contribution >= 0.6 is 11.3 Å². The SMILES string of the molecule is Oc1c([C@@H](c2ccccc2)N2CCC3(CC2)OCCO3)sc2ncnn12. The van der Waals surface area contributed by atoms with E-state index in [0.29, 0.717) is 18.2 Å². The molecule has 0 saturated carbocycles. The molecule has 2 saturated heterocycles. The van der Waals surface area contributed by atoms with Gasteiger partial charge >= 0.3 is 0 Å². The third-order valence-corrected chi connectivity index (χ3v) is 6.33. The summed E-state index contributed by atoms with van der Waals surface area (Å²) in [5.74, 6) is -0.240. The molecule has 2 aromatic heterocycles. The van der Waals surface area contributed by atoms with Gasteiger partial charge in [0.1, 0.15) is 6.33 Å². The van der Waals surface area contributed by atoms with Gasteiger partial charge in [0.05, 0.1) is 24.1 Å². The highest BCUT2D eigenvalue weighted by molar-refractivity contribution is 7.17. The van der Waals surface area contributed by atoms with Crippen molar-refractivity contribution in [2.75, 3.05) is 26.3 Å². The van der Waals surface area contributed by atoms with E-state index in [-0.39, 0.29) is 11.9 Å². The molecule has 1 spiro atoms. The summed E-state index contributed by atoms with van der Waals surface area (Å²) in [6.45, 7) is 3.03. The molecule has 0 radical (unpaired) electrons. The zero-order chi connectivity index (χ0) is 17.6. The number of aromatic hydroxyl groups is 1. The smallest absolute Gasteiger partial charge is 0.230 e. The molecule has 0 bridgehead atoms. The van der Waals surface area contributed by atoms with E-state index in [0.717, 1.165) is 36.4 Å². The summed E-state index contributed by atoms with van der Waals surface area (Å²) in [7, 11) is 0. The van der Waals surface area contributed by atoms with Gasteiger partial charge in [-0.25, -0.2) is 4.98 Å². The second-order valence-corrected chi connectivity index (χ2v) is 7.71. The maximum absolute atomic E-state index is 10.7. The van der Waals surface area contributed by atoms with E-state index in [1.165, 1.54) is 22.2 Å². The van der Waals surface area contributed by atoms with E-state index in [9.17, 15) is 5.11 Å². The van der Waals surface area contributed by atoms with E-state index in [2.05, 4.69) is 27.1 Å². The second-order valence-electron chi connectivity index (χ2n) is 6.70. The summed E-state index contributed by atoms with van der Waals surface area (Å²) in [6.07, 6.45) is 3.13. The Bertz CT molecular complexity index is 894. The van der Waals surface area contributed by atoms with E-state index in [4.69, 9.17) is 9.47 Å². The largest absolute Gasteiger partial charge is 0.492 e. The van der Waals surface area contributed by atoms with Crippen LogP contribution in [0.15, 0.2) is 36.7 Å². The Morgan fingerprint density at radius 3 is 2.54 bits per heavy atom. The molecule has 1 atom stereocenters. The molecule has 8 heteroatoms. The summed E-state index contributed by atoms with van der Waals surface area (Å²) in [6, 6.07) is 10.2. The maximum Gasteiger partial charge on any atom is 0.230 e. The van der Waals surface area contributed by atoms with Crippen LogP contribution < -0.4 is 0 Å². The molecule has 2 aliphatic rings. The molecule has 1 aromatic carbocycles. The van der Waals surface area contributed by atoms with E-state index >= 15 is 0 Å². The van der Waals surface area contributed by atoms with Crippen LogP contribution in [0.25, 0.3) is 4.96 Å². The number of fused-ring (bicyclic) bond motifs is 1. The van der Waals surface area contributed by atoms with Crippen molar-refractivity contribution in [2.45, 2.75) is 24.7 Å². The third-order valence-electron chi connectivity index (χ3n) is 5.24. The van der Waals surface area contributed by atoms with E-state index < -0.39 is 5.79 Å². The van der Waals surface area contributed by atoms with Gasteiger partial charge < -0.3 is 14.6 Å². The van der Waals surface area contributed by atoms with Crippen molar-refractivity contribution in [3.05, 3.63) is 47.1 Å². The van der Waals surface area contributed by atoms with Gasteiger partial charge in [-0.15, -0.1) is 0 Å². The number of hydrogen-bond donors (Lipinski definition) is 1. The van der Waals surface area contributed by atoms with Crippen LogP contribution in [0.1, 0.15) is 29.3 Å². The van der Waals surface area contributed by atoms with Crippen LogP contribution in [0.2, 0.25) is 0 Å². The van der Waals surface area contributed by atoms with Crippen LogP contribution in [0.5, 0.6) is 5.88 Å². The van der Waals surface area contributed by atoms with Gasteiger partial charge in [-0.05, 0) is 5.56 Å². The fraction of sp³-hybridized carbons (Fsp3) is 0.444. The fourth-order valence-electron chi connectivity index (χ4n) is 3.94. The molecule has 3 aromatic rings. The zero-order valence-electron chi connectivity index (χ0n) is 14.2. The zero-order valence-corrected chi connectivity index (χ0v) is 15.1. The Labute approximate surface area is 154 Å². The average molecular weight is 372 g/mol. The number of likely N-dealkylation sites (tertiary alicyclic amines) is 1. The van der Waals surface area contributed by atoms with Crippen molar-refractivity contribution >= 4 is 16.3 Å². The van der Waals surface area contributed by atoms with Crippen molar-refractivity contribution in [2.24, 2.45) is 0 Å². The Morgan fingerprint density at radius 2 is 1.85 bits per heavy atom. The number of nitrogens with zero attached hydrogens (tertiary/aromatic N) is 4.